The normalized spacial score (nSPS) is 15.7. The van der Waals surface area contributed by atoms with E-state index in [1.807, 2.05) is 26.1 Å². The number of hydrogen-bond donors (Lipinski definition) is 2. The van der Waals surface area contributed by atoms with Gasteiger partial charge in [-0.1, -0.05) is 0 Å². The summed E-state index contributed by atoms with van der Waals surface area (Å²) in [6, 6.07) is 4.98. The van der Waals surface area contributed by atoms with E-state index in [9.17, 15) is 13.9 Å². The van der Waals surface area contributed by atoms with E-state index in [1.54, 1.807) is 10.9 Å². The molecular weight excluding hydrogens is 276 g/mol. The van der Waals surface area contributed by atoms with Crippen LogP contribution in [0.1, 0.15) is 31.6 Å². The van der Waals surface area contributed by atoms with Crippen molar-refractivity contribution in [3.05, 3.63) is 53.9 Å². The number of benzene rings is 1. The summed E-state index contributed by atoms with van der Waals surface area (Å²) in [5.41, 5.74) is -0.0403. The number of halogens is 2. The van der Waals surface area contributed by atoms with Crippen molar-refractivity contribution in [3.63, 3.8) is 0 Å². The van der Waals surface area contributed by atoms with Crippen molar-refractivity contribution < 1.29 is 13.9 Å². The summed E-state index contributed by atoms with van der Waals surface area (Å²) in [7, 11) is 0. The predicted octanol–water partition coefficient (Wildman–Crippen LogP) is 2.43. The smallest absolute Gasteiger partial charge is 0.129 e. The van der Waals surface area contributed by atoms with Crippen LogP contribution < -0.4 is 5.32 Å². The van der Waals surface area contributed by atoms with Crippen molar-refractivity contribution >= 4 is 0 Å². The maximum Gasteiger partial charge on any atom is 0.129 e. The fraction of sp³-hybridized carbons (Fsp3) is 0.400. The van der Waals surface area contributed by atoms with Crippen LogP contribution in [0.15, 0.2) is 36.7 Å². The van der Waals surface area contributed by atoms with E-state index < -0.39 is 17.7 Å². The summed E-state index contributed by atoms with van der Waals surface area (Å²) in [4.78, 5) is 0. The van der Waals surface area contributed by atoms with Crippen LogP contribution in [0.25, 0.3) is 0 Å². The average Bonchev–Trinajstić information content (AvgIpc) is 3.00. The monoisotopic (exact) mass is 295 g/mol. The molecule has 0 aliphatic heterocycles. The Morgan fingerprint density at radius 1 is 1.33 bits per heavy atom. The molecule has 3 atom stereocenters. The summed E-state index contributed by atoms with van der Waals surface area (Å²) >= 11 is 0. The highest BCUT2D eigenvalue weighted by Gasteiger charge is 2.18. The Labute approximate surface area is 122 Å². The number of aliphatic hydroxyl groups is 1. The predicted molar refractivity (Wildman–Crippen MR) is 75.7 cm³/mol. The molecule has 0 aliphatic carbocycles. The Balaban J connectivity index is 1.94. The Hall–Kier alpha value is -1.79. The van der Waals surface area contributed by atoms with Gasteiger partial charge in [-0.05, 0) is 38.1 Å². The zero-order valence-corrected chi connectivity index (χ0v) is 12.0. The molecule has 1 aromatic carbocycles. The first kappa shape index (κ1) is 15.6. The molecule has 2 rings (SSSR count). The maximum absolute atomic E-state index is 13.6. The van der Waals surface area contributed by atoms with E-state index in [1.165, 1.54) is 0 Å². The van der Waals surface area contributed by atoms with Gasteiger partial charge in [-0.3, -0.25) is 4.68 Å². The van der Waals surface area contributed by atoms with Gasteiger partial charge in [0.2, 0.25) is 0 Å². The lowest BCUT2D eigenvalue weighted by molar-refractivity contribution is 0.161. The highest BCUT2D eigenvalue weighted by atomic mass is 19.1. The van der Waals surface area contributed by atoms with Gasteiger partial charge < -0.3 is 10.4 Å². The fourth-order valence-corrected chi connectivity index (χ4v) is 2.10. The summed E-state index contributed by atoms with van der Waals surface area (Å²) < 4.78 is 28.5. The van der Waals surface area contributed by atoms with E-state index in [0.29, 0.717) is 0 Å². The van der Waals surface area contributed by atoms with Crippen LogP contribution in [-0.2, 0) is 0 Å². The molecule has 3 unspecified atom stereocenters. The summed E-state index contributed by atoms with van der Waals surface area (Å²) in [6.07, 6.45) is 2.44. The molecule has 2 N–H and O–H groups in total. The van der Waals surface area contributed by atoms with E-state index in [-0.39, 0.29) is 24.2 Å². The number of nitrogens with zero attached hydrogens (tertiary/aromatic N) is 2. The quantitative estimate of drug-likeness (QED) is 0.860. The van der Waals surface area contributed by atoms with E-state index in [2.05, 4.69) is 10.4 Å². The zero-order valence-electron chi connectivity index (χ0n) is 12.0. The van der Waals surface area contributed by atoms with Crippen LogP contribution in [0.5, 0.6) is 0 Å². The minimum Gasteiger partial charge on any atom is -0.387 e. The standard InChI is InChI=1S/C15H19F2N3O/c1-10(11(2)20-7-3-6-19-20)18-9-15(21)13-8-12(16)4-5-14(13)17/h3-8,10-11,15,18,21H,9H2,1-2H3. The Bertz CT molecular complexity index is 574. The third kappa shape index (κ3) is 3.86. The van der Waals surface area contributed by atoms with E-state index in [4.69, 9.17) is 0 Å². The van der Waals surface area contributed by atoms with Crippen LogP contribution in [-0.4, -0.2) is 27.5 Å². The Morgan fingerprint density at radius 3 is 2.76 bits per heavy atom. The largest absolute Gasteiger partial charge is 0.387 e. The maximum atomic E-state index is 13.6. The lowest BCUT2D eigenvalue weighted by Crippen LogP contribution is -2.36. The molecule has 0 saturated heterocycles. The van der Waals surface area contributed by atoms with E-state index >= 15 is 0 Å². The minimum atomic E-state index is -1.10. The molecule has 0 bridgehead atoms. The first-order valence-corrected chi connectivity index (χ1v) is 6.84. The number of aromatic nitrogens is 2. The molecule has 4 nitrogen and oxygen atoms in total. The molecule has 0 amide bonds. The van der Waals surface area contributed by atoms with Gasteiger partial charge in [-0.25, -0.2) is 8.78 Å². The van der Waals surface area contributed by atoms with Crippen LogP contribution in [0.4, 0.5) is 8.78 Å². The SMILES string of the molecule is CC(NCC(O)c1cc(F)ccc1F)C(C)n1cccn1. The Morgan fingerprint density at radius 2 is 2.10 bits per heavy atom. The lowest BCUT2D eigenvalue weighted by atomic mass is 10.1. The molecule has 114 valence electrons. The molecule has 0 fully saturated rings. The van der Waals surface area contributed by atoms with Crippen molar-refractivity contribution in [2.45, 2.75) is 32.0 Å². The van der Waals surface area contributed by atoms with Gasteiger partial charge in [0.25, 0.3) is 0 Å². The summed E-state index contributed by atoms with van der Waals surface area (Å²) in [5, 5.41) is 17.3. The van der Waals surface area contributed by atoms with Crippen molar-refractivity contribution in [2.75, 3.05) is 6.54 Å². The minimum absolute atomic E-state index is 0.0103. The molecular formula is C15H19F2N3O. The van der Waals surface area contributed by atoms with Crippen LogP contribution in [0.2, 0.25) is 0 Å². The molecule has 6 heteroatoms. The van der Waals surface area contributed by atoms with Crippen molar-refractivity contribution in [3.8, 4) is 0 Å². The molecule has 0 saturated carbocycles. The molecule has 0 spiro atoms. The number of nitrogens with one attached hydrogen (secondary N) is 1. The first-order chi connectivity index (χ1) is 9.99. The summed E-state index contributed by atoms with van der Waals surface area (Å²) in [6.45, 7) is 4.06. The molecule has 0 radical (unpaired) electrons. The highest BCUT2D eigenvalue weighted by molar-refractivity contribution is 5.21. The lowest BCUT2D eigenvalue weighted by Gasteiger charge is -2.23. The number of aliphatic hydroxyl groups excluding tert-OH is 1. The van der Waals surface area contributed by atoms with Crippen molar-refractivity contribution in [1.82, 2.24) is 15.1 Å². The van der Waals surface area contributed by atoms with E-state index in [0.717, 1.165) is 18.2 Å². The molecule has 21 heavy (non-hydrogen) atoms. The van der Waals surface area contributed by atoms with Gasteiger partial charge >= 0.3 is 0 Å². The van der Waals surface area contributed by atoms with Crippen LogP contribution >= 0.6 is 0 Å². The van der Waals surface area contributed by atoms with Crippen LogP contribution in [0, 0.1) is 11.6 Å². The number of rotatable bonds is 6. The second kappa shape index (κ2) is 6.78. The van der Waals surface area contributed by atoms with Gasteiger partial charge in [0.05, 0.1) is 12.1 Å². The Kier molecular flexibility index (Phi) is 5.03. The second-order valence-electron chi connectivity index (χ2n) is 5.11. The van der Waals surface area contributed by atoms with Gasteiger partial charge in [0, 0.05) is 30.5 Å². The van der Waals surface area contributed by atoms with Crippen molar-refractivity contribution in [1.29, 1.82) is 0 Å². The van der Waals surface area contributed by atoms with Crippen LogP contribution in [0.3, 0.4) is 0 Å². The molecule has 1 heterocycles. The third-order valence-corrected chi connectivity index (χ3v) is 3.62. The zero-order chi connectivity index (χ0) is 15.4. The summed E-state index contributed by atoms with van der Waals surface area (Å²) in [5.74, 6) is -1.18. The van der Waals surface area contributed by atoms with Gasteiger partial charge in [0.1, 0.15) is 11.6 Å². The first-order valence-electron chi connectivity index (χ1n) is 6.84. The highest BCUT2D eigenvalue weighted by Crippen LogP contribution is 2.18. The van der Waals surface area contributed by atoms with Gasteiger partial charge in [0.15, 0.2) is 0 Å². The topological polar surface area (TPSA) is 50.1 Å². The van der Waals surface area contributed by atoms with Gasteiger partial charge in [-0.2, -0.15) is 5.10 Å². The van der Waals surface area contributed by atoms with Gasteiger partial charge in [-0.15, -0.1) is 0 Å². The van der Waals surface area contributed by atoms with Crippen molar-refractivity contribution in [2.24, 2.45) is 0 Å². The molecule has 1 aromatic heterocycles. The molecule has 0 aliphatic rings. The second-order valence-corrected chi connectivity index (χ2v) is 5.11. The molecule has 2 aromatic rings. The fourth-order valence-electron chi connectivity index (χ4n) is 2.10. The number of hydrogen-bond acceptors (Lipinski definition) is 3. The average molecular weight is 295 g/mol. The third-order valence-electron chi connectivity index (χ3n) is 3.62.